The first-order valence-electron chi connectivity index (χ1n) is 7.01. The molecule has 1 aliphatic carbocycles. The molecule has 19 heavy (non-hydrogen) atoms. The van der Waals surface area contributed by atoms with Crippen molar-refractivity contribution in [2.75, 3.05) is 23.9 Å². The minimum Gasteiger partial charge on any atom is -0.355 e. The molecule has 0 aromatic rings. The summed E-state index contributed by atoms with van der Waals surface area (Å²) < 4.78 is 22.7. The topological polar surface area (TPSA) is 63.2 Å². The van der Waals surface area contributed by atoms with Gasteiger partial charge in [-0.25, -0.2) is 8.42 Å². The third kappa shape index (κ3) is 3.85. The van der Waals surface area contributed by atoms with Gasteiger partial charge in [-0.05, 0) is 19.3 Å². The molecule has 0 bridgehead atoms. The van der Waals surface area contributed by atoms with Gasteiger partial charge in [-0.2, -0.15) is 0 Å². The Morgan fingerprint density at radius 3 is 2.47 bits per heavy atom. The van der Waals surface area contributed by atoms with Crippen molar-refractivity contribution in [2.45, 2.75) is 38.5 Å². The van der Waals surface area contributed by atoms with E-state index in [1.165, 1.54) is 19.3 Å². The molecule has 1 atom stereocenters. The summed E-state index contributed by atoms with van der Waals surface area (Å²) in [6.07, 6.45) is 6.15. The van der Waals surface area contributed by atoms with Crippen molar-refractivity contribution in [1.29, 1.82) is 0 Å². The van der Waals surface area contributed by atoms with Crippen molar-refractivity contribution in [1.82, 2.24) is 5.32 Å². The zero-order valence-corrected chi connectivity index (χ0v) is 12.7. The molecule has 1 N–H and O–H groups in total. The first-order chi connectivity index (χ1) is 8.96. The van der Waals surface area contributed by atoms with Crippen LogP contribution in [0.2, 0.25) is 0 Å². The van der Waals surface area contributed by atoms with Gasteiger partial charge in [0.1, 0.15) is 0 Å². The third-order valence-corrected chi connectivity index (χ3v) is 6.77. The molecule has 4 nitrogen and oxygen atoms in total. The first kappa shape index (κ1) is 15.1. The number of carbonyl (C=O) groups is 1. The summed E-state index contributed by atoms with van der Waals surface area (Å²) in [4.78, 5) is 12.0. The summed E-state index contributed by atoms with van der Waals surface area (Å²) in [7, 11) is -2.99. The number of hydrogen-bond acceptors (Lipinski definition) is 3. The largest absolute Gasteiger partial charge is 0.355 e. The molecule has 1 saturated heterocycles. The zero-order valence-electron chi connectivity index (χ0n) is 11.2. The number of nitrogens with one attached hydrogen (secondary N) is 1. The van der Waals surface area contributed by atoms with Crippen LogP contribution < -0.4 is 5.32 Å². The Labute approximate surface area is 120 Å². The molecule has 1 saturated carbocycles. The fraction of sp³-hybridized carbons (Fsp3) is 0.923. The second-order valence-corrected chi connectivity index (χ2v) is 8.51. The average Bonchev–Trinajstić information content (AvgIpc) is 2.77. The maximum absolute atomic E-state index is 12.0. The predicted octanol–water partition coefficient (Wildman–Crippen LogP) is 1.73. The maximum atomic E-state index is 12.0. The van der Waals surface area contributed by atoms with Gasteiger partial charge >= 0.3 is 0 Å². The van der Waals surface area contributed by atoms with Crippen LogP contribution >= 0.6 is 11.6 Å². The Morgan fingerprint density at radius 1 is 1.26 bits per heavy atom. The van der Waals surface area contributed by atoms with E-state index in [2.05, 4.69) is 5.32 Å². The summed E-state index contributed by atoms with van der Waals surface area (Å²) in [6, 6.07) is 0. The lowest BCUT2D eigenvalue weighted by Crippen LogP contribution is -2.42. The van der Waals surface area contributed by atoms with Crippen LogP contribution in [0.25, 0.3) is 0 Å². The molecule has 0 radical (unpaired) electrons. The van der Waals surface area contributed by atoms with Gasteiger partial charge < -0.3 is 5.32 Å². The first-order valence-corrected chi connectivity index (χ1v) is 9.36. The maximum Gasteiger partial charge on any atom is 0.224 e. The van der Waals surface area contributed by atoms with Gasteiger partial charge in [0.05, 0.1) is 17.4 Å². The minimum absolute atomic E-state index is 0.00666. The lowest BCUT2D eigenvalue weighted by molar-refractivity contribution is -0.124. The van der Waals surface area contributed by atoms with Crippen LogP contribution in [0.1, 0.15) is 38.5 Å². The van der Waals surface area contributed by atoms with Gasteiger partial charge in [-0.1, -0.05) is 19.3 Å². The number of sulfone groups is 1. The molecule has 2 rings (SSSR count). The van der Waals surface area contributed by atoms with Crippen molar-refractivity contribution < 1.29 is 13.2 Å². The molecule has 0 aromatic heterocycles. The summed E-state index contributed by atoms with van der Waals surface area (Å²) >= 11 is 6.08. The van der Waals surface area contributed by atoms with E-state index in [4.69, 9.17) is 11.6 Å². The Balaban J connectivity index is 1.86. The lowest BCUT2D eigenvalue weighted by atomic mass is 9.75. The molecule has 110 valence electrons. The fourth-order valence-corrected chi connectivity index (χ4v) is 5.18. The summed E-state index contributed by atoms with van der Waals surface area (Å²) in [5.74, 6) is 0.242. The number of halogens is 1. The van der Waals surface area contributed by atoms with Crippen LogP contribution in [-0.2, 0) is 14.6 Å². The van der Waals surface area contributed by atoms with Gasteiger partial charge in [0.2, 0.25) is 5.91 Å². The van der Waals surface area contributed by atoms with E-state index < -0.39 is 9.84 Å². The van der Waals surface area contributed by atoms with Crippen LogP contribution in [0.15, 0.2) is 0 Å². The predicted molar refractivity (Wildman–Crippen MR) is 76.0 cm³/mol. The molecule has 1 unspecified atom stereocenters. The molecule has 1 heterocycles. The second kappa shape index (κ2) is 6.00. The molecular formula is C13H22ClNO3S. The molecule has 1 amide bonds. The van der Waals surface area contributed by atoms with E-state index >= 15 is 0 Å². The SMILES string of the molecule is O=C(NCC1(CCl)CCCCC1)C1CCS(=O)(=O)C1. The Bertz CT molecular complexity index is 429. The Morgan fingerprint density at radius 2 is 1.95 bits per heavy atom. The second-order valence-electron chi connectivity index (χ2n) is 6.01. The van der Waals surface area contributed by atoms with Gasteiger partial charge in [0, 0.05) is 17.8 Å². The Kier molecular flexibility index (Phi) is 4.77. The molecule has 1 aliphatic heterocycles. The molecule has 0 spiro atoms. The van der Waals surface area contributed by atoms with Gasteiger partial charge in [0.15, 0.2) is 9.84 Å². The van der Waals surface area contributed by atoms with Crippen molar-refractivity contribution in [3.05, 3.63) is 0 Å². The highest BCUT2D eigenvalue weighted by Crippen LogP contribution is 2.36. The van der Waals surface area contributed by atoms with Crippen molar-refractivity contribution >= 4 is 27.3 Å². The molecule has 2 fully saturated rings. The third-order valence-electron chi connectivity index (χ3n) is 4.44. The summed E-state index contributed by atoms with van der Waals surface area (Å²) in [6.45, 7) is 0.589. The van der Waals surface area contributed by atoms with Crippen molar-refractivity contribution in [3.63, 3.8) is 0 Å². The quantitative estimate of drug-likeness (QED) is 0.805. The summed E-state index contributed by atoms with van der Waals surface area (Å²) in [5.41, 5.74) is 0.0208. The van der Waals surface area contributed by atoms with E-state index in [0.717, 1.165) is 12.8 Å². The van der Waals surface area contributed by atoms with Crippen LogP contribution in [0.3, 0.4) is 0 Å². The standard InChI is InChI=1S/C13H22ClNO3S/c14-9-13(5-2-1-3-6-13)10-15-12(16)11-4-7-19(17,18)8-11/h11H,1-10H2,(H,15,16). The van der Waals surface area contributed by atoms with Crippen LogP contribution in [0.4, 0.5) is 0 Å². The summed E-state index contributed by atoms with van der Waals surface area (Å²) in [5, 5.41) is 2.94. The number of alkyl halides is 1. The van der Waals surface area contributed by atoms with Gasteiger partial charge in [-0.15, -0.1) is 11.6 Å². The van der Waals surface area contributed by atoms with Crippen LogP contribution in [0.5, 0.6) is 0 Å². The van der Waals surface area contributed by atoms with E-state index in [1.807, 2.05) is 0 Å². The monoisotopic (exact) mass is 307 g/mol. The Hall–Kier alpha value is -0.290. The normalized spacial score (nSPS) is 29.0. The van der Waals surface area contributed by atoms with Crippen LogP contribution in [0, 0.1) is 11.3 Å². The fourth-order valence-electron chi connectivity index (χ4n) is 3.08. The van der Waals surface area contributed by atoms with E-state index in [-0.39, 0.29) is 28.7 Å². The number of hydrogen-bond donors (Lipinski definition) is 1. The zero-order chi connectivity index (χ0) is 13.9. The van der Waals surface area contributed by atoms with Crippen molar-refractivity contribution in [2.24, 2.45) is 11.3 Å². The number of amides is 1. The van der Waals surface area contributed by atoms with E-state index in [9.17, 15) is 13.2 Å². The lowest BCUT2D eigenvalue weighted by Gasteiger charge is -2.35. The highest BCUT2D eigenvalue weighted by Gasteiger charge is 2.35. The highest BCUT2D eigenvalue weighted by molar-refractivity contribution is 7.91. The van der Waals surface area contributed by atoms with Crippen molar-refractivity contribution in [3.8, 4) is 0 Å². The molecule has 6 heteroatoms. The molecule has 0 aromatic carbocycles. The average molecular weight is 308 g/mol. The number of carbonyl (C=O) groups excluding carboxylic acids is 1. The van der Waals surface area contributed by atoms with E-state index in [1.54, 1.807) is 0 Å². The van der Waals surface area contributed by atoms with Gasteiger partial charge in [-0.3, -0.25) is 4.79 Å². The van der Waals surface area contributed by atoms with Gasteiger partial charge in [0.25, 0.3) is 0 Å². The smallest absolute Gasteiger partial charge is 0.224 e. The molecule has 2 aliphatic rings. The molecular weight excluding hydrogens is 286 g/mol. The number of rotatable bonds is 4. The van der Waals surface area contributed by atoms with E-state index in [0.29, 0.717) is 18.8 Å². The van der Waals surface area contributed by atoms with Crippen LogP contribution in [-0.4, -0.2) is 38.3 Å². The minimum atomic E-state index is -2.99. The highest BCUT2D eigenvalue weighted by atomic mass is 35.5.